The van der Waals surface area contributed by atoms with Gasteiger partial charge in [0.1, 0.15) is 0 Å². The van der Waals surface area contributed by atoms with Crippen molar-refractivity contribution in [3.63, 3.8) is 0 Å². The van der Waals surface area contributed by atoms with E-state index in [1.54, 1.807) is 0 Å². The summed E-state index contributed by atoms with van der Waals surface area (Å²) in [4.78, 5) is 3.12. The lowest BCUT2D eigenvalue weighted by Crippen LogP contribution is -2.29. The van der Waals surface area contributed by atoms with Crippen LogP contribution >= 0.6 is 0 Å². The van der Waals surface area contributed by atoms with Crippen LogP contribution in [0.5, 0.6) is 0 Å². The lowest BCUT2D eigenvalue weighted by molar-refractivity contribution is 0.547. The number of benzene rings is 1. The number of fused-ring (bicyclic) bond motifs is 1. The molecule has 0 bridgehead atoms. The first-order valence-electron chi connectivity index (χ1n) is 5.46. The Morgan fingerprint density at radius 1 is 1.29 bits per heavy atom. The van der Waals surface area contributed by atoms with Crippen LogP contribution in [0.1, 0.15) is 5.56 Å². The van der Waals surface area contributed by atoms with Gasteiger partial charge < -0.3 is 4.98 Å². The van der Waals surface area contributed by atoms with Gasteiger partial charge in [0.15, 0.2) is 0 Å². The van der Waals surface area contributed by atoms with Gasteiger partial charge in [-0.15, -0.1) is 0 Å². The second-order valence-electron chi connectivity index (χ2n) is 4.08. The summed E-state index contributed by atoms with van der Waals surface area (Å²) in [6, 6.07) is 7.84. The molecule has 0 radical (unpaired) electrons. The topological polar surface area (TPSA) is 65.0 Å². The van der Waals surface area contributed by atoms with E-state index in [1.165, 1.54) is 4.31 Å². The summed E-state index contributed by atoms with van der Waals surface area (Å²) in [5.41, 5.74) is 1.99. The van der Waals surface area contributed by atoms with Gasteiger partial charge in [-0.2, -0.15) is 17.4 Å². The predicted octanol–water partition coefficient (Wildman–Crippen LogP) is 0.818. The highest BCUT2D eigenvalue weighted by atomic mass is 32.2. The zero-order valence-corrected chi connectivity index (χ0v) is 10.00. The molecule has 0 amide bonds. The van der Waals surface area contributed by atoms with E-state index in [1.807, 2.05) is 30.5 Å². The number of H-pyrrole nitrogens is 1. The smallest absolute Gasteiger partial charge is 0.279 e. The van der Waals surface area contributed by atoms with E-state index in [0.29, 0.717) is 19.6 Å². The van der Waals surface area contributed by atoms with E-state index in [9.17, 15) is 8.42 Å². The molecule has 1 aromatic heterocycles. The minimum atomic E-state index is -3.26. The minimum absolute atomic E-state index is 0.322. The molecule has 3 rings (SSSR count). The van der Waals surface area contributed by atoms with E-state index in [0.717, 1.165) is 16.5 Å². The molecular weight excluding hydrogens is 238 g/mol. The summed E-state index contributed by atoms with van der Waals surface area (Å²) in [7, 11) is -3.26. The fraction of sp³-hybridized carbons (Fsp3) is 0.273. The Bertz CT molecular complexity index is 644. The van der Waals surface area contributed by atoms with Gasteiger partial charge in [-0.1, -0.05) is 18.2 Å². The van der Waals surface area contributed by atoms with Gasteiger partial charge >= 0.3 is 0 Å². The van der Waals surface area contributed by atoms with Crippen molar-refractivity contribution < 1.29 is 8.42 Å². The molecule has 1 aliphatic rings. The second-order valence-corrected chi connectivity index (χ2v) is 5.84. The first-order chi connectivity index (χ1) is 8.17. The SMILES string of the molecule is O=S(=O)(NCc1c[nH]c2ccccc12)N1CC1. The molecule has 1 saturated heterocycles. The van der Waals surface area contributed by atoms with Crippen molar-refractivity contribution in [2.24, 2.45) is 0 Å². The fourth-order valence-corrected chi connectivity index (χ4v) is 2.90. The molecule has 2 heterocycles. The third-order valence-corrected chi connectivity index (χ3v) is 4.42. The maximum absolute atomic E-state index is 11.6. The molecule has 1 aliphatic heterocycles. The molecule has 1 fully saturated rings. The maximum atomic E-state index is 11.6. The molecule has 2 aromatic rings. The maximum Gasteiger partial charge on any atom is 0.279 e. The van der Waals surface area contributed by atoms with Crippen LogP contribution in [0.4, 0.5) is 0 Å². The Morgan fingerprint density at radius 2 is 2.06 bits per heavy atom. The van der Waals surface area contributed by atoms with E-state index < -0.39 is 10.2 Å². The zero-order valence-electron chi connectivity index (χ0n) is 9.18. The molecule has 0 spiro atoms. The van der Waals surface area contributed by atoms with Gasteiger partial charge in [0.25, 0.3) is 10.2 Å². The van der Waals surface area contributed by atoms with Crippen molar-refractivity contribution in [3.05, 3.63) is 36.0 Å². The molecule has 0 aliphatic carbocycles. The Hall–Kier alpha value is -1.37. The van der Waals surface area contributed by atoms with Crippen LogP contribution in [0, 0.1) is 0 Å². The van der Waals surface area contributed by atoms with Crippen molar-refractivity contribution >= 4 is 21.1 Å². The second kappa shape index (κ2) is 3.83. The number of aromatic nitrogens is 1. The molecule has 0 atom stereocenters. The van der Waals surface area contributed by atoms with E-state index in [4.69, 9.17) is 0 Å². The predicted molar refractivity (Wildman–Crippen MR) is 65.6 cm³/mol. The fourth-order valence-electron chi connectivity index (χ4n) is 1.82. The molecule has 17 heavy (non-hydrogen) atoms. The first-order valence-corrected chi connectivity index (χ1v) is 6.90. The van der Waals surface area contributed by atoms with Gasteiger partial charge in [-0.25, -0.2) is 0 Å². The van der Waals surface area contributed by atoms with Crippen LogP contribution in [-0.2, 0) is 16.8 Å². The van der Waals surface area contributed by atoms with Crippen LogP contribution in [0.25, 0.3) is 10.9 Å². The molecule has 1 aromatic carbocycles. The Labute approximate surface area is 99.6 Å². The molecule has 6 heteroatoms. The molecule has 0 unspecified atom stereocenters. The normalized spacial score (nSPS) is 16.5. The van der Waals surface area contributed by atoms with Crippen LogP contribution in [0.15, 0.2) is 30.5 Å². The lowest BCUT2D eigenvalue weighted by atomic mass is 10.2. The molecule has 5 nitrogen and oxygen atoms in total. The van der Waals surface area contributed by atoms with Gasteiger partial charge in [0.2, 0.25) is 0 Å². The monoisotopic (exact) mass is 251 g/mol. The van der Waals surface area contributed by atoms with E-state index >= 15 is 0 Å². The minimum Gasteiger partial charge on any atom is -0.361 e. The zero-order chi connectivity index (χ0) is 11.9. The number of nitrogens with zero attached hydrogens (tertiary/aromatic N) is 1. The highest BCUT2D eigenvalue weighted by Gasteiger charge is 2.31. The number of rotatable bonds is 4. The van der Waals surface area contributed by atoms with Crippen molar-refractivity contribution in [2.75, 3.05) is 13.1 Å². The van der Waals surface area contributed by atoms with Gasteiger partial charge in [-0.3, -0.25) is 0 Å². The average Bonchev–Trinajstić information content (AvgIpc) is 3.09. The van der Waals surface area contributed by atoms with Gasteiger partial charge in [0, 0.05) is 36.7 Å². The first kappa shape index (κ1) is 10.8. The van der Waals surface area contributed by atoms with Crippen molar-refractivity contribution in [2.45, 2.75) is 6.54 Å². The van der Waals surface area contributed by atoms with Crippen molar-refractivity contribution in [1.82, 2.24) is 14.0 Å². The number of aromatic amines is 1. The Morgan fingerprint density at radius 3 is 2.82 bits per heavy atom. The van der Waals surface area contributed by atoms with Gasteiger partial charge in [-0.05, 0) is 11.6 Å². The van der Waals surface area contributed by atoms with Crippen molar-refractivity contribution in [3.8, 4) is 0 Å². The van der Waals surface area contributed by atoms with Crippen molar-refractivity contribution in [1.29, 1.82) is 0 Å². The highest BCUT2D eigenvalue weighted by Crippen LogP contribution is 2.18. The highest BCUT2D eigenvalue weighted by molar-refractivity contribution is 7.87. The molecule has 90 valence electrons. The average molecular weight is 251 g/mol. The third-order valence-electron chi connectivity index (χ3n) is 2.87. The number of nitrogens with one attached hydrogen (secondary N) is 2. The largest absolute Gasteiger partial charge is 0.361 e. The van der Waals surface area contributed by atoms with Crippen LogP contribution in [-0.4, -0.2) is 30.8 Å². The number of para-hydroxylation sites is 1. The summed E-state index contributed by atoms with van der Waals surface area (Å²) in [6.45, 7) is 1.58. The Kier molecular flexibility index (Phi) is 2.43. The molecule has 0 saturated carbocycles. The summed E-state index contributed by atoms with van der Waals surface area (Å²) >= 11 is 0. The Balaban J connectivity index is 1.81. The summed E-state index contributed by atoms with van der Waals surface area (Å²) < 4.78 is 27.3. The van der Waals surface area contributed by atoms with E-state index in [-0.39, 0.29) is 0 Å². The van der Waals surface area contributed by atoms with Crippen LogP contribution < -0.4 is 4.72 Å². The quantitative estimate of drug-likeness (QED) is 0.790. The standard InChI is InChI=1S/C11H13N3O2S/c15-17(16,14-5-6-14)13-8-9-7-12-11-4-2-1-3-10(9)11/h1-4,7,12-13H,5-6,8H2. The lowest BCUT2D eigenvalue weighted by Gasteiger charge is -2.05. The summed E-state index contributed by atoms with van der Waals surface area (Å²) in [5.74, 6) is 0. The summed E-state index contributed by atoms with van der Waals surface area (Å²) in [6.07, 6.45) is 1.84. The summed E-state index contributed by atoms with van der Waals surface area (Å²) in [5, 5.41) is 1.06. The van der Waals surface area contributed by atoms with Crippen LogP contribution in [0.3, 0.4) is 0 Å². The number of hydrogen-bond donors (Lipinski definition) is 2. The van der Waals surface area contributed by atoms with Gasteiger partial charge in [0.05, 0.1) is 0 Å². The third kappa shape index (κ3) is 2.06. The van der Waals surface area contributed by atoms with E-state index in [2.05, 4.69) is 9.71 Å². The molecular formula is C11H13N3O2S. The number of hydrogen-bond acceptors (Lipinski definition) is 2. The molecule has 2 N–H and O–H groups in total. The van der Waals surface area contributed by atoms with Crippen LogP contribution in [0.2, 0.25) is 0 Å².